The SMILES string of the molecule is CC(C)(CN=C(N)N1CCN(c2nccs2)CC1)c1cccc(Cl)c1.I. The van der Waals surface area contributed by atoms with Crippen LogP contribution in [0.15, 0.2) is 40.8 Å². The van der Waals surface area contributed by atoms with Gasteiger partial charge in [-0.25, -0.2) is 4.98 Å². The molecule has 1 fully saturated rings. The predicted molar refractivity (Wildman–Crippen MR) is 122 cm³/mol. The van der Waals surface area contributed by atoms with Gasteiger partial charge in [0.25, 0.3) is 0 Å². The van der Waals surface area contributed by atoms with E-state index in [9.17, 15) is 0 Å². The minimum Gasteiger partial charge on any atom is -0.370 e. The van der Waals surface area contributed by atoms with E-state index in [1.165, 1.54) is 5.56 Å². The first-order valence-electron chi connectivity index (χ1n) is 8.41. The number of aromatic nitrogens is 1. The van der Waals surface area contributed by atoms with E-state index in [0.29, 0.717) is 12.5 Å². The summed E-state index contributed by atoms with van der Waals surface area (Å²) in [5.41, 5.74) is 7.30. The van der Waals surface area contributed by atoms with Gasteiger partial charge < -0.3 is 15.5 Å². The van der Waals surface area contributed by atoms with Gasteiger partial charge in [0, 0.05) is 48.2 Å². The topological polar surface area (TPSA) is 57.8 Å². The van der Waals surface area contributed by atoms with Crippen molar-refractivity contribution >= 4 is 58.0 Å². The smallest absolute Gasteiger partial charge is 0.191 e. The number of aliphatic imine (C=N–C) groups is 1. The first kappa shape index (κ1) is 21.2. The Labute approximate surface area is 181 Å². The number of benzene rings is 1. The fourth-order valence-corrected chi connectivity index (χ4v) is 3.77. The van der Waals surface area contributed by atoms with Crippen LogP contribution in [0, 0.1) is 0 Å². The normalized spacial score (nSPS) is 15.7. The van der Waals surface area contributed by atoms with Gasteiger partial charge in [-0.05, 0) is 17.7 Å². The summed E-state index contributed by atoms with van der Waals surface area (Å²) in [4.78, 5) is 13.5. The number of nitrogens with two attached hydrogens (primary N) is 1. The fraction of sp³-hybridized carbons (Fsp3) is 0.444. The number of rotatable bonds is 4. The molecule has 2 heterocycles. The second-order valence-corrected chi connectivity index (χ2v) is 8.17. The Kier molecular flexibility index (Phi) is 7.54. The average molecular weight is 506 g/mol. The highest BCUT2D eigenvalue weighted by Gasteiger charge is 2.23. The van der Waals surface area contributed by atoms with Gasteiger partial charge in [0.15, 0.2) is 11.1 Å². The number of thiazole rings is 1. The number of guanidine groups is 1. The maximum atomic E-state index is 6.25. The standard InChI is InChI=1S/C18H24ClN5S.HI/c1-18(2,14-4-3-5-15(19)12-14)13-22-16(20)23-7-9-24(10-8-23)17-21-6-11-25-17;/h3-6,11-12H,7-10,13H2,1-2H3,(H2,20,22);1H. The number of halogens is 2. The zero-order valence-corrected chi connectivity index (χ0v) is 19.0. The average Bonchev–Trinajstić information content (AvgIpc) is 3.14. The molecule has 0 saturated carbocycles. The summed E-state index contributed by atoms with van der Waals surface area (Å²) in [5.74, 6) is 0.619. The molecular weight excluding hydrogens is 481 g/mol. The number of nitrogens with zero attached hydrogens (tertiary/aromatic N) is 4. The van der Waals surface area contributed by atoms with Crippen LogP contribution in [0.2, 0.25) is 5.02 Å². The summed E-state index contributed by atoms with van der Waals surface area (Å²) in [6, 6.07) is 7.95. The lowest BCUT2D eigenvalue weighted by Crippen LogP contribution is -2.51. The molecule has 0 unspecified atom stereocenters. The summed E-state index contributed by atoms with van der Waals surface area (Å²) >= 11 is 7.79. The monoisotopic (exact) mass is 505 g/mol. The lowest BCUT2D eigenvalue weighted by atomic mass is 9.85. The van der Waals surface area contributed by atoms with Gasteiger partial charge in [-0.1, -0.05) is 37.6 Å². The quantitative estimate of drug-likeness (QED) is 0.390. The van der Waals surface area contributed by atoms with Crippen LogP contribution in [0.5, 0.6) is 0 Å². The van der Waals surface area contributed by atoms with Crippen molar-refractivity contribution in [1.29, 1.82) is 0 Å². The molecule has 0 spiro atoms. The number of piperazine rings is 1. The minimum atomic E-state index is -0.113. The Morgan fingerprint density at radius 2 is 2.04 bits per heavy atom. The number of anilines is 1. The van der Waals surface area contributed by atoms with E-state index in [-0.39, 0.29) is 29.4 Å². The Morgan fingerprint density at radius 1 is 1.31 bits per heavy atom. The van der Waals surface area contributed by atoms with Gasteiger partial charge in [0.1, 0.15) is 0 Å². The van der Waals surface area contributed by atoms with E-state index < -0.39 is 0 Å². The van der Waals surface area contributed by atoms with E-state index in [1.54, 1.807) is 11.3 Å². The molecule has 0 aliphatic carbocycles. The van der Waals surface area contributed by atoms with Crippen LogP contribution in [-0.4, -0.2) is 48.6 Å². The summed E-state index contributed by atoms with van der Waals surface area (Å²) < 4.78 is 0. The molecule has 0 bridgehead atoms. The third-order valence-corrected chi connectivity index (χ3v) is 5.60. The second-order valence-electron chi connectivity index (χ2n) is 6.86. The highest BCUT2D eigenvalue weighted by atomic mass is 127. The zero-order chi connectivity index (χ0) is 17.9. The lowest BCUT2D eigenvalue weighted by Gasteiger charge is -2.35. The van der Waals surface area contributed by atoms with Crippen LogP contribution in [-0.2, 0) is 5.41 Å². The Bertz CT molecular complexity index is 727. The zero-order valence-electron chi connectivity index (χ0n) is 15.1. The molecule has 0 amide bonds. The van der Waals surface area contributed by atoms with Crippen LogP contribution in [0.4, 0.5) is 5.13 Å². The molecule has 0 radical (unpaired) electrons. The third-order valence-electron chi connectivity index (χ3n) is 4.54. The highest BCUT2D eigenvalue weighted by molar-refractivity contribution is 14.0. The van der Waals surface area contributed by atoms with E-state index in [1.807, 2.05) is 29.8 Å². The van der Waals surface area contributed by atoms with Gasteiger partial charge in [0.2, 0.25) is 0 Å². The van der Waals surface area contributed by atoms with Gasteiger partial charge in [-0.3, -0.25) is 4.99 Å². The van der Waals surface area contributed by atoms with Gasteiger partial charge in [0.05, 0.1) is 6.54 Å². The first-order chi connectivity index (χ1) is 12.0. The van der Waals surface area contributed by atoms with Crippen molar-refractivity contribution in [3.63, 3.8) is 0 Å². The van der Waals surface area contributed by atoms with Gasteiger partial charge >= 0.3 is 0 Å². The molecule has 2 aromatic rings. The van der Waals surface area contributed by atoms with Gasteiger partial charge in [-0.2, -0.15) is 0 Å². The molecule has 142 valence electrons. The largest absolute Gasteiger partial charge is 0.370 e. The van der Waals surface area contributed by atoms with Crippen molar-refractivity contribution in [3.05, 3.63) is 46.4 Å². The second kappa shape index (κ2) is 9.23. The highest BCUT2D eigenvalue weighted by Crippen LogP contribution is 2.26. The van der Waals surface area contributed by atoms with Crippen molar-refractivity contribution in [1.82, 2.24) is 9.88 Å². The van der Waals surface area contributed by atoms with Crippen LogP contribution >= 0.6 is 46.9 Å². The maximum absolute atomic E-state index is 6.25. The molecule has 1 saturated heterocycles. The van der Waals surface area contributed by atoms with Crippen molar-refractivity contribution in [3.8, 4) is 0 Å². The number of hydrogen-bond donors (Lipinski definition) is 1. The van der Waals surface area contributed by atoms with E-state index in [4.69, 9.17) is 17.3 Å². The maximum Gasteiger partial charge on any atom is 0.191 e. The Morgan fingerprint density at radius 3 is 2.65 bits per heavy atom. The molecule has 26 heavy (non-hydrogen) atoms. The minimum absolute atomic E-state index is 0. The molecular formula is C18H25ClIN5S. The fourth-order valence-electron chi connectivity index (χ4n) is 2.88. The molecule has 0 atom stereocenters. The van der Waals surface area contributed by atoms with Crippen molar-refractivity contribution in [2.45, 2.75) is 19.3 Å². The molecule has 2 N–H and O–H groups in total. The van der Waals surface area contributed by atoms with Crippen molar-refractivity contribution < 1.29 is 0 Å². The first-order valence-corrected chi connectivity index (χ1v) is 9.67. The lowest BCUT2D eigenvalue weighted by molar-refractivity contribution is 0.378. The van der Waals surface area contributed by atoms with E-state index >= 15 is 0 Å². The van der Waals surface area contributed by atoms with E-state index in [2.05, 4.69) is 39.7 Å². The Hall–Kier alpha value is -1.06. The van der Waals surface area contributed by atoms with Crippen LogP contribution in [0.25, 0.3) is 0 Å². The van der Waals surface area contributed by atoms with Crippen LogP contribution in [0.3, 0.4) is 0 Å². The molecule has 1 aliphatic rings. The molecule has 1 aromatic carbocycles. The molecule has 3 rings (SSSR count). The predicted octanol–water partition coefficient (Wildman–Crippen LogP) is 3.83. The Balaban J connectivity index is 0.00000243. The summed E-state index contributed by atoms with van der Waals surface area (Å²) in [6.07, 6.45) is 1.85. The molecule has 8 heteroatoms. The summed E-state index contributed by atoms with van der Waals surface area (Å²) in [7, 11) is 0. The molecule has 1 aromatic heterocycles. The van der Waals surface area contributed by atoms with Crippen molar-refractivity contribution in [2.24, 2.45) is 10.7 Å². The molecule has 1 aliphatic heterocycles. The summed E-state index contributed by atoms with van der Waals surface area (Å²) in [6.45, 7) is 8.53. The molecule has 5 nitrogen and oxygen atoms in total. The van der Waals surface area contributed by atoms with E-state index in [0.717, 1.165) is 36.3 Å². The van der Waals surface area contributed by atoms with Crippen molar-refractivity contribution in [2.75, 3.05) is 37.6 Å². The van der Waals surface area contributed by atoms with Gasteiger partial charge in [-0.15, -0.1) is 35.3 Å². The third kappa shape index (κ3) is 5.23. The van der Waals surface area contributed by atoms with Crippen LogP contribution in [0.1, 0.15) is 19.4 Å². The summed E-state index contributed by atoms with van der Waals surface area (Å²) in [5, 5.41) is 3.84. The number of hydrogen-bond acceptors (Lipinski definition) is 4. The van der Waals surface area contributed by atoms with Crippen LogP contribution < -0.4 is 10.6 Å².